The van der Waals surface area contributed by atoms with E-state index >= 15 is 0 Å². The van der Waals surface area contributed by atoms with Crippen molar-refractivity contribution < 1.29 is 4.74 Å². The first-order chi connectivity index (χ1) is 10.9. The molecule has 0 saturated carbocycles. The van der Waals surface area contributed by atoms with E-state index in [1.54, 1.807) is 7.11 Å². The molecule has 3 nitrogen and oxygen atoms in total. The van der Waals surface area contributed by atoms with Crippen LogP contribution in [0.4, 0.5) is 5.69 Å². The minimum atomic E-state index is 0.436. The Balaban J connectivity index is 1.69. The topological polar surface area (TPSA) is 24.5 Å². The molecular weight excluding hydrogens is 272 g/mol. The molecule has 1 fully saturated rings. The van der Waals surface area contributed by atoms with Crippen LogP contribution in [0.1, 0.15) is 24.4 Å². The number of hydrogen-bond donors (Lipinski definition) is 1. The first kappa shape index (κ1) is 14.9. The van der Waals surface area contributed by atoms with Gasteiger partial charge in [-0.2, -0.15) is 0 Å². The molecule has 0 spiro atoms. The van der Waals surface area contributed by atoms with Crippen LogP contribution in [0.3, 0.4) is 0 Å². The van der Waals surface area contributed by atoms with Crippen LogP contribution >= 0.6 is 0 Å². The zero-order chi connectivity index (χ0) is 15.2. The fourth-order valence-electron chi connectivity index (χ4n) is 3.11. The number of nitrogens with zero attached hydrogens (tertiary/aromatic N) is 1. The van der Waals surface area contributed by atoms with Gasteiger partial charge in [-0.25, -0.2) is 0 Å². The molecule has 2 aromatic rings. The van der Waals surface area contributed by atoms with E-state index in [-0.39, 0.29) is 0 Å². The molecule has 2 aromatic carbocycles. The fourth-order valence-corrected chi connectivity index (χ4v) is 3.11. The van der Waals surface area contributed by atoms with E-state index in [0.717, 1.165) is 18.0 Å². The molecular formula is C19H24N2O. The molecule has 0 bridgehead atoms. The SMILES string of the molecule is COc1ccc(NCC(c2ccccc2)N2CCCC2)cc1. The number of hydrogen-bond acceptors (Lipinski definition) is 3. The fraction of sp³-hybridized carbons (Fsp3) is 0.368. The molecule has 1 heterocycles. The lowest BCUT2D eigenvalue weighted by molar-refractivity contribution is 0.256. The van der Waals surface area contributed by atoms with E-state index in [1.165, 1.54) is 31.5 Å². The van der Waals surface area contributed by atoms with Crippen molar-refractivity contribution in [3.8, 4) is 5.75 Å². The van der Waals surface area contributed by atoms with E-state index in [4.69, 9.17) is 4.74 Å². The Bertz CT molecular complexity index is 562. The van der Waals surface area contributed by atoms with Gasteiger partial charge >= 0.3 is 0 Å². The highest BCUT2D eigenvalue weighted by atomic mass is 16.5. The number of benzene rings is 2. The van der Waals surface area contributed by atoms with Gasteiger partial charge in [0, 0.05) is 12.2 Å². The summed E-state index contributed by atoms with van der Waals surface area (Å²) in [5.74, 6) is 0.893. The molecule has 3 rings (SSSR count). The molecule has 0 aliphatic carbocycles. The molecule has 1 saturated heterocycles. The lowest BCUT2D eigenvalue weighted by Crippen LogP contribution is -2.31. The van der Waals surface area contributed by atoms with Gasteiger partial charge in [-0.05, 0) is 55.8 Å². The maximum Gasteiger partial charge on any atom is 0.119 e. The van der Waals surface area contributed by atoms with Crippen molar-refractivity contribution in [1.82, 2.24) is 4.90 Å². The lowest BCUT2D eigenvalue weighted by atomic mass is 10.1. The van der Waals surface area contributed by atoms with Crippen LogP contribution in [0.2, 0.25) is 0 Å². The van der Waals surface area contributed by atoms with Crippen LogP contribution in [-0.2, 0) is 0 Å². The second kappa shape index (κ2) is 7.32. The molecule has 1 aliphatic rings. The molecule has 1 aliphatic heterocycles. The predicted octanol–water partition coefficient (Wildman–Crippen LogP) is 3.94. The number of rotatable bonds is 6. The average Bonchev–Trinajstić information content (AvgIpc) is 3.11. The van der Waals surface area contributed by atoms with Gasteiger partial charge in [0.15, 0.2) is 0 Å². The van der Waals surface area contributed by atoms with Gasteiger partial charge in [-0.3, -0.25) is 4.90 Å². The summed E-state index contributed by atoms with van der Waals surface area (Å²) >= 11 is 0. The van der Waals surface area contributed by atoms with Crippen molar-refractivity contribution in [2.24, 2.45) is 0 Å². The van der Waals surface area contributed by atoms with Crippen LogP contribution in [0.15, 0.2) is 54.6 Å². The van der Waals surface area contributed by atoms with E-state index in [1.807, 2.05) is 12.1 Å². The summed E-state index contributed by atoms with van der Waals surface area (Å²) in [6.07, 6.45) is 2.62. The maximum absolute atomic E-state index is 5.21. The predicted molar refractivity (Wildman–Crippen MR) is 91.5 cm³/mol. The van der Waals surface area contributed by atoms with E-state index < -0.39 is 0 Å². The summed E-state index contributed by atoms with van der Waals surface area (Å²) in [5, 5.41) is 3.57. The van der Waals surface area contributed by atoms with Gasteiger partial charge in [-0.15, -0.1) is 0 Å². The second-order valence-electron chi connectivity index (χ2n) is 5.78. The largest absolute Gasteiger partial charge is 0.497 e. The summed E-state index contributed by atoms with van der Waals surface area (Å²) in [4.78, 5) is 2.59. The molecule has 22 heavy (non-hydrogen) atoms. The minimum Gasteiger partial charge on any atom is -0.497 e. The molecule has 0 aromatic heterocycles. The van der Waals surface area contributed by atoms with Gasteiger partial charge < -0.3 is 10.1 Å². The quantitative estimate of drug-likeness (QED) is 0.873. The first-order valence-electron chi connectivity index (χ1n) is 8.04. The molecule has 1 N–H and O–H groups in total. The van der Waals surface area contributed by atoms with Gasteiger partial charge in [0.25, 0.3) is 0 Å². The smallest absolute Gasteiger partial charge is 0.119 e. The van der Waals surface area contributed by atoms with Crippen LogP contribution in [0, 0.1) is 0 Å². The van der Waals surface area contributed by atoms with Crippen molar-refractivity contribution in [2.45, 2.75) is 18.9 Å². The number of methoxy groups -OCH3 is 1. The third-order valence-corrected chi connectivity index (χ3v) is 4.36. The summed E-state index contributed by atoms with van der Waals surface area (Å²) in [7, 11) is 1.70. The Hall–Kier alpha value is -2.00. The Morgan fingerprint density at radius 1 is 1.00 bits per heavy atom. The number of likely N-dealkylation sites (tertiary alicyclic amines) is 1. The molecule has 1 unspecified atom stereocenters. The molecule has 116 valence electrons. The average molecular weight is 296 g/mol. The van der Waals surface area contributed by atoms with Gasteiger partial charge in [0.05, 0.1) is 13.2 Å². The third kappa shape index (κ3) is 3.60. The lowest BCUT2D eigenvalue weighted by Gasteiger charge is -2.28. The normalized spacial score (nSPS) is 16.4. The summed E-state index contributed by atoms with van der Waals surface area (Å²) in [6, 6.07) is 19.4. The highest BCUT2D eigenvalue weighted by Gasteiger charge is 2.22. The zero-order valence-corrected chi connectivity index (χ0v) is 13.2. The second-order valence-corrected chi connectivity index (χ2v) is 5.78. The summed E-state index contributed by atoms with van der Waals surface area (Å²) < 4.78 is 5.21. The number of ether oxygens (including phenoxy) is 1. The van der Waals surface area contributed by atoms with Gasteiger partial charge in [0.1, 0.15) is 5.75 Å². The minimum absolute atomic E-state index is 0.436. The Labute approximate surface area is 132 Å². The Kier molecular flexibility index (Phi) is 4.96. The van der Waals surface area contributed by atoms with Crippen LogP contribution in [0.5, 0.6) is 5.75 Å². The van der Waals surface area contributed by atoms with Crippen LogP contribution in [-0.4, -0.2) is 31.6 Å². The van der Waals surface area contributed by atoms with E-state index in [9.17, 15) is 0 Å². The van der Waals surface area contributed by atoms with Crippen LogP contribution in [0.25, 0.3) is 0 Å². The number of nitrogens with one attached hydrogen (secondary N) is 1. The molecule has 0 radical (unpaired) electrons. The summed E-state index contributed by atoms with van der Waals surface area (Å²) in [5.41, 5.74) is 2.53. The van der Waals surface area contributed by atoms with Crippen molar-refractivity contribution in [1.29, 1.82) is 0 Å². The Morgan fingerprint density at radius 3 is 2.32 bits per heavy atom. The highest BCUT2D eigenvalue weighted by molar-refractivity contribution is 5.46. The van der Waals surface area contributed by atoms with Crippen molar-refractivity contribution >= 4 is 5.69 Å². The highest BCUT2D eigenvalue weighted by Crippen LogP contribution is 2.26. The number of anilines is 1. The monoisotopic (exact) mass is 296 g/mol. The first-order valence-corrected chi connectivity index (χ1v) is 8.04. The van der Waals surface area contributed by atoms with Gasteiger partial charge in [0.2, 0.25) is 0 Å². The van der Waals surface area contributed by atoms with Crippen molar-refractivity contribution in [2.75, 3.05) is 32.1 Å². The van der Waals surface area contributed by atoms with Crippen molar-refractivity contribution in [3.63, 3.8) is 0 Å². The van der Waals surface area contributed by atoms with Gasteiger partial charge in [-0.1, -0.05) is 30.3 Å². The molecule has 0 amide bonds. The Morgan fingerprint density at radius 2 is 1.68 bits per heavy atom. The molecule has 1 atom stereocenters. The van der Waals surface area contributed by atoms with E-state index in [2.05, 4.69) is 52.7 Å². The van der Waals surface area contributed by atoms with Crippen LogP contribution < -0.4 is 10.1 Å². The third-order valence-electron chi connectivity index (χ3n) is 4.36. The zero-order valence-electron chi connectivity index (χ0n) is 13.2. The van der Waals surface area contributed by atoms with Crippen molar-refractivity contribution in [3.05, 3.63) is 60.2 Å². The maximum atomic E-state index is 5.21. The van der Waals surface area contributed by atoms with E-state index in [0.29, 0.717) is 6.04 Å². The standard InChI is InChI=1S/C19H24N2O/c1-22-18-11-9-17(10-12-18)20-15-19(21-13-5-6-14-21)16-7-3-2-4-8-16/h2-4,7-12,19-20H,5-6,13-15H2,1H3. The summed E-state index contributed by atoms with van der Waals surface area (Å²) in [6.45, 7) is 3.32. The molecule has 3 heteroatoms.